The lowest BCUT2D eigenvalue weighted by molar-refractivity contribution is -0.160. The van der Waals surface area contributed by atoms with E-state index in [9.17, 15) is 9.59 Å². The number of rotatable bonds is 7. The lowest BCUT2D eigenvalue weighted by Crippen LogP contribution is -2.57. The molecule has 0 bridgehead atoms. The van der Waals surface area contributed by atoms with Crippen LogP contribution in [0.4, 0.5) is 4.79 Å². The van der Waals surface area contributed by atoms with Gasteiger partial charge in [-0.1, -0.05) is 0 Å². The van der Waals surface area contributed by atoms with Crippen molar-refractivity contribution in [3.8, 4) is 0 Å². The quantitative estimate of drug-likeness (QED) is 0.655. The molecule has 7 heteroatoms. The van der Waals surface area contributed by atoms with Crippen molar-refractivity contribution in [2.45, 2.75) is 77.7 Å². The Bertz CT molecular complexity index is 509. The molecule has 0 saturated carbocycles. The highest BCUT2D eigenvalue weighted by molar-refractivity contribution is 7.99. The summed E-state index contributed by atoms with van der Waals surface area (Å²) in [6.07, 6.45) is 2.91. The Balaban J connectivity index is 2.85. The average Bonchev–Trinajstić information content (AvgIpc) is 2.58. The first-order valence-corrected chi connectivity index (χ1v) is 11.0. The van der Waals surface area contributed by atoms with Gasteiger partial charge in [0.2, 0.25) is 0 Å². The SMILES string of the molecule is CCOC(=O)C1([C@H](C)NCC(C)(C)SC)CCN(C(=O)OC(C)(C)C)CC1. The highest BCUT2D eigenvalue weighted by Crippen LogP contribution is 2.37. The van der Waals surface area contributed by atoms with Crippen LogP contribution in [0.3, 0.4) is 0 Å². The number of hydrogen-bond acceptors (Lipinski definition) is 6. The van der Waals surface area contributed by atoms with Gasteiger partial charge in [-0.05, 0) is 67.6 Å². The minimum Gasteiger partial charge on any atom is -0.466 e. The summed E-state index contributed by atoms with van der Waals surface area (Å²) in [6.45, 7) is 16.0. The number of nitrogens with one attached hydrogen (secondary N) is 1. The maximum absolute atomic E-state index is 12.9. The third-order valence-electron chi connectivity index (χ3n) is 5.20. The summed E-state index contributed by atoms with van der Waals surface area (Å²) in [7, 11) is 0. The number of thioether (sulfide) groups is 1. The van der Waals surface area contributed by atoms with E-state index >= 15 is 0 Å². The first-order valence-electron chi connectivity index (χ1n) is 9.80. The monoisotopic (exact) mass is 402 g/mol. The van der Waals surface area contributed by atoms with E-state index in [0.29, 0.717) is 32.5 Å². The normalized spacial score (nSPS) is 18.7. The second kappa shape index (κ2) is 9.50. The van der Waals surface area contributed by atoms with Crippen LogP contribution in [0.1, 0.15) is 61.3 Å². The Morgan fingerprint density at radius 3 is 2.19 bits per heavy atom. The van der Waals surface area contributed by atoms with Gasteiger partial charge < -0.3 is 19.7 Å². The fourth-order valence-corrected chi connectivity index (χ4v) is 3.40. The Hall–Kier alpha value is -0.950. The number of nitrogens with zero attached hydrogens (tertiary/aromatic N) is 1. The molecule has 0 unspecified atom stereocenters. The van der Waals surface area contributed by atoms with Crippen LogP contribution in [0.5, 0.6) is 0 Å². The summed E-state index contributed by atoms with van der Waals surface area (Å²) >= 11 is 1.79. The first kappa shape index (κ1) is 24.1. The van der Waals surface area contributed by atoms with Crippen LogP contribution in [0, 0.1) is 5.41 Å². The molecule has 1 fully saturated rings. The standard InChI is InChI=1S/C20H38N2O4S/c1-9-25-16(23)20(15(2)21-14-19(6,7)27-8)10-12-22(13-11-20)17(24)26-18(3,4)5/h15,21H,9-14H2,1-8H3/t15-/m0/s1. The number of likely N-dealkylation sites (tertiary alicyclic amines) is 1. The van der Waals surface area contributed by atoms with Gasteiger partial charge in [0, 0.05) is 30.4 Å². The largest absolute Gasteiger partial charge is 0.466 e. The first-order chi connectivity index (χ1) is 12.4. The summed E-state index contributed by atoms with van der Waals surface area (Å²) in [5.41, 5.74) is -1.14. The fraction of sp³-hybridized carbons (Fsp3) is 0.900. The van der Waals surface area contributed by atoms with E-state index in [2.05, 4.69) is 32.3 Å². The van der Waals surface area contributed by atoms with Crippen LogP contribution >= 0.6 is 11.8 Å². The molecule has 1 aliphatic rings. The molecule has 1 N–H and O–H groups in total. The highest BCUT2D eigenvalue weighted by atomic mass is 32.2. The molecule has 1 rings (SSSR count). The van der Waals surface area contributed by atoms with Crippen molar-refractivity contribution in [1.82, 2.24) is 10.2 Å². The number of piperidine rings is 1. The van der Waals surface area contributed by atoms with Crippen molar-refractivity contribution in [3.05, 3.63) is 0 Å². The van der Waals surface area contributed by atoms with Gasteiger partial charge in [0.15, 0.2) is 0 Å². The number of carbonyl (C=O) groups excluding carboxylic acids is 2. The van der Waals surface area contributed by atoms with Gasteiger partial charge in [-0.3, -0.25) is 4.79 Å². The summed E-state index contributed by atoms with van der Waals surface area (Å²) < 4.78 is 11.0. The van der Waals surface area contributed by atoms with Crippen LogP contribution in [0.25, 0.3) is 0 Å². The van der Waals surface area contributed by atoms with E-state index in [1.54, 1.807) is 16.7 Å². The predicted molar refractivity (Wildman–Crippen MR) is 111 cm³/mol. The van der Waals surface area contributed by atoms with E-state index in [0.717, 1.165) is 6.54 Å². The number of esters is 1. The van der Waals surface area contributed by atoms with Gasteiger partial charge in [0.05, 0.1) is 12.0 Å². The summed E-state index contributed by atoms with van der Waals surface area (Å²) in [5.74, 6) is -0.171. The van der Waals surface area contributed by atoms with E-state index in [1.807, 2.05) is 27.7 Å². The molecule has 1 amide bonds. The van der Waals surface area contributed by atoms with Crippen LogP contribution in [-0.4, -0.2) is 65.8 Å². The van der Waals surface area contributed by atoms with Crippen LogP contribution < -0.4 is 5.32 Å². The Morgan fingerprint density at radius 2 is 1.74 bits per heavy atom. The van der Waals surface area contributed by atoms with E-state index in [4.69, 9.17) is 9.47 Å². The zero-order valence-electron chi connectivity index (χ0n) is 18.3. The molecular weight excluding hydrogens is 364 g/mol. The van der Waals surface area contributed by atoms with Gasteiger partial charge in [0.1, 0.15) is 5.60 Å². The zero-order valence-corrected chi connectivity index (χ0v) is 19.1. The minimum atomic E-state index is -0.622. The van der Waals surface area contributed by atoms with Gasteiger partial charge >= 0.3 is 12.1 Å². The lowest BCUT2D eigenvalue weighted by atomic mass is 9.72. The topological polar surface area (TPSA) is 67.9 Å². The van der Waals surface area contributed by atoms with E-state index in [1.165, 1.54) is 0 Å². The van der Waals surface area contributed by atoms with Crippen molar-refractivity contribution in [3.63, 3.8) is 0 Å². The molecule has 0 aromatic rings. The fourth-order valence-electron chi connectivity index (χ4n) is 3.17. The molecule has 6 nitrogen and oxygen atoms in total. The molecule has 0 radical (unpaired) electrons. The van der Waals surface area contributed by atoms with Crippen molar-refractivity contribution >= 4 is 23.8 Å². The second-order valence-corrected chi connectivity index (χ2v) is 10.4. The minimum absolute atomic E-state index is 0.0382. The Labute approximate surface area is 169 Å². The highest BCUT2D eigenvalue weighted by Gasteiger charge is 2.48. The molecule has 1 saturated heterocycles. The maximum atomic E-state index is 12.9. The zero-order chi connectivity index (χ0) is 20.9. The van der Waals surface area contributed by atoms with Crippen molar-refractivity contribution < 1.29 is 19.1 Å². The molecule has 0 aliphatic carbocycles. The molecule has 0 aromatic heterocycles. The second-order valence-electron chi connectivity index (χ2n) is 8.91. The number of amides is 1. The van der Waals surface area contributed by atoms with Crippen LogP contribution in [0.15, 0.2) is 0 Å². The number of ether oxygens (including phenoxy) is 2. The van der Waals surface area contributed by atoms with Gasteiger partial charge in [-0.15, -0.1) is 0 Å². The molecular formula is C20H38N2O4S. The average molecular weight is 403 g/mol. The van der Waals surface area contributed by atoms with Crippen molar-refractivity contribution in [2.24, 2.45) is 5.41 Å². The van der Waals surface area contributed by atoms with E-state index < -0.39 is 11.0 Å². The lowest BCUT2D eigenvalue weighted by Gasteiger charge is -2.44. The summed E-state index contributed by atoms with van der Waals surface area (Å²) in [4.78, 5) is 26.9. The van der Waals surface area contributed by atoms with E-state index in [-0.39, 0.29) is 22.9 Å². The van der Waals surface area contributed by atoms with Gasteiger partial charge in [-0.2, -0.15) is 11.8 Å². The molecule has 1 aliphatic heterocycles. The summed E-state index contributed by atoms with van der Waals surface area (Å²) in [5, 5.41) is 3.55. The molecule has 1 heterocycles. The molecule has 0 aromatic carbocycles. The van der Waals surface area contributed by atoms with Crippen LogP contribution in [-0.2, 0) is 14.3 Å². The summed E-state index contributed by atoms with van der Waals surface area (Å²) in [6, 6.07) is -0.0382. The number of hydrogen-bond donors (Lipinski definition) is 1. The molecule has 0 spiro atoms. The third kappa shape index (κ3) is 6.86. The molecule has 158 valence electrons. The molecule has 1 atom stereocenters. The van der Waals surface area contributed by atoms with Crippen LogP contribution in [0.2, 0.25) is 0 Å². The maximum Gasteiger partial charge on any atom is 0.410 e. The smallest absolute Gasteiger partial charge is 0.410 e. The number of carbonyl (C=O) groups is 2. The van der Waals surface area contributed by atoms with Crippen molar-refractivity contribution in [2.75, 3.05) is 32.5 Å². The van der Waals surface area contributed by atoms with Crippen molar-refractivity contribution in [1.29, 1.82) is 0 Å². The third-order valence-corrected chi connectivity index (χ3v) is 6.45. The van der Waals surface area contributed by atoms with Gasteiger partial charge in [-0.25, -0.2) is 4.79 Å². The Kier molecular flexibility index (Phi) is 8.48. The molecule has 27 heavy (non-hydrogen) atoms. The predicted octanol–water partition coefficient (Wildman–Crippen LogP) is 3.69. The Morgan fingerprint density at radius 1 is 1.19 bits per heavy atom. The van der Waals surface area contributed by atoms with Gasteiger partial charge in [0.25, 0.3) is 0 Å².